The second-order valence-electron chi connectivity index (χ2n) is 4.01. The van der Waals surface area contributed by atoms with E-state index >= 15 is 0 Å². The highest BCUT2D eigenvalue weighted by Gasteiger charge is 2.21. The van der Waals surface area contributed by atoms with Crippen LogP contribution in [0, 0.1) is 10.1 Å². The van der Waals surface area contributed by atoms with Crippen molar-refractivity contribution in [1.29, 1.82) is 0 Å². The summed E-state index contributed by atoms with van der Waals surface area (Å²) in [5, 5.41) is 11.5. The molecule has 104 valence electrons. The third kappa shape index (κ3) is 3.26. The number of nitrogens with zero attached hydrogens (tertiary/aromatic N) is 2. The van der Waals surface area contributed by atoms with Crippen molar-refractivity contribution in [2.75, 3.05) is 0 Å². The molecule has 1 atom stereocenters. The van der Waals surface area contributed by atoms with Gasteiger partial charge in [0.25, 0.3) is 0 Å². The highest BCUT2D eigenvalue weighted by Crippen LogP contribution is 2.33. The predicted octanol–water partition coefficient (Wildman–Crippen LogP) is 4.55. The van der Waals surface area contributed by atoms with Gasteiger partial charge in [-0.3, -0.25) is 0 Å². The third-order valence-corrected chi connectivity index (χ3v) is 3.40. The van der Waals surface area contributed by atoms with Crippen molar-refractivity contribution in [3.8, 4) is 5.75 Å². The van der Waals surface area contributed by atoms with Gasteiger partial charge in [-0.05, 0) is 38.8 Å². The van der Waals surface area contributed by atoms with Gasteiger partial charge in [0, 0.05) is 16.7 Å². The zero-order valence-corrected chi connectivity index (χ0v) is 12.8. The molecule has 5 nitrogen and oxygen atoms in total. The average molecular weight is 358 g/mol. The molecule has 0 fully saturated rings. The molecule has 0 N–H and O–H groups in total. The first-order valence-electron chi connectivity index (χ1n) is 5.70. The SMILES string of the molecule is CC(Oc1cc(Br)cnc1[N+](=O)[O-])c1ccccc1Cl. The minimum atomic E-state index is -0.582. The van der Waals surface area contributed by atoms with Crippen LogP contribution in [0.2, 0.25) is 5.02 Å². The standard InChI is InChI=1S/C13H10BrClN2O3/c1-8(10-4-2-3-5-11(10)15)20-12-6-9(14)7-16-13(12)17(18)19/h2-8H,1H3. The van der Waals surface area contributed by atoms with Gasteiger partial charge in [-0.15, -0.1) is 0 Å². The number of hydrogen-bond acceptors (Lipinski definition) is 4. The quantitative estimate of drug-likeness (QED) is 0.595. The first-order valence-corrected chi connectivity index (χ1v) is 6.87. The lowest BCUT2D eigenvalue weighted by Gasteiger charge is -2.15. The maximum atomic E-state index is 10.9. The zero-order valence-electron chi connectivity index (χ0n) is 10.4. The molecule has 2 rings (SSSR count). The van der Waals surface area contributed by atoms with Gasteiger partial charge in [-0.1, -0.05) is 29.8 Å². The fraction of sp³-hybridized carbons (Fsp3) is 0.154. The van der Waals surface area contributed by atoms with E-state index in [9.17, 15) is 10.1 Å². The number of rotatable bonds is 4. The fourth-order valence-electron chi connectivity index (χ4n) is 1.70. The smallest absolute Gasteiger partial charge is 0.406 e. The van der Waals surface area contributed by atoms with Crippen LogP contribution in [-0.2, 0) is 0 Å². The van der Waals surface area contributed by atoms with Crippen LogP contribution in [0.1, 0.15) is 18.6 Å². The molecule has 0 aliphatic rings. The van der Waals surface area contributed by atoms with Gasteiger partial charge < -0.3 is 14.9 Å². The summed E-state index contributed by atoms with van der Waals surface area (Å²) in [4.78, 5) is 14.1. The average Bonchev–Trinajstić information content (AvgIpc) is 2.38. The van der Waals surface area contributed by atoms with Crippen LogP contribution >= 0.6 is 27.5 Å². The predicted molar refractivity (Wildman–Crippen MR) is 79.1 cm³/mol. The van der Waals surface area contributed by atoms with Crippen molar-refractivity contribution in [3.63, 3.8) is 0 Å². The van der Waals surface area contributed by atoms with Crippen LogP contribution in [0.5, 0.6) is 5.75 Å². The molecule has 0 amide bonds. The topological polar surface area (TPSA) is 65.3 Å². The summed E-state index contributed by atoms with van der Waals surface area (Å²) < 4.78 is 6.24. The van der Waals surface area contributed by atoms with Crippen molar-refractivity contribution >= 4 is 33.3 Å². The molecular formula is C13H10BrClN2O3. The lowest BCUT2D eigenvalue weighted by atomic mass is 10.1. The summed E-state index contributed by atoms with van der Waals surface area (Å²) in [6, 6.07) is 8.70. The van der Waals surface area contributed by atoms with Gasteiger partial charge >= 0.3 is 5.82 Å². The minimum Gasteiger partial charge on any atom is -0.478 e. The second kappa shape index (κ2) is 6.19. The van der Waals surface area contributed by atoms with E-state index in [1.165, 1.54) is 12.3 Å². The van der Waals surface area contributed by atoms with Crippen molar-refractivity contribution in [2.45, 2.75) is 13.0 Å². The van der Waals surface area contributed by atoms with E-state index in [0.717, 1.165) is 5.56 Å². The van der Waals surface area contributed by atoms with Gasteiger partial charge in [0.2, 0.25) is 5.75 Å². The Morgan fingerprint density at radius 2 is 2.15 bits per heavy atom. The normalized spacial score (nSPS) is 11.9. The van der Waals surface area contributed by atoms with Crippen LogP contribution in [0.4, 0.5) is 5.82 Å². The Morgan fingerprint density at radius 3 is 2.80 bits per heavy atom. The van der Waals surface area contributed by atoms with E-state index in [4.69, 9.17) is 16.3 Å². The molecule has 1 unspecified atom stereocenters. The molecular weight excluding hydrogens is 348 g/mol. The van der Waals surface area contributed by atoms with Crippen LogP contribution < -0.4 is 4.74 Å². The van der Waals surface area contributed by atoms with E-state index < -0.39 is 11.0 Å². The molecule has 1 aromatic carbocycles. The Bertz CT molecular complexity index is 651. The summed E-state index contributed by atoms with van der Waals surface area (Å²) in [6.45, 7) is 1.77. The molecule has 0 aliphatic carbocycles. The van der Waals surface area contributed by atoms with E-state index in [-0.39, 0.29) is 11.6 Å². The number of aromatic nitrogens is 1. The van der Waals surface area contributed by atoms with E-state index in [1.54, 1.807) is 13.0 Å². The number of hydrogen-bond donors (Lipinski definition) is 0. The summed E-state index contributed by atoms with van der Waals surface area (Å²) in [5.74, 6) is -0.233. The molecule has 0 bridgehead atoms. The first-order chi connectivity index (χ1) is 9.49. The van der Waals surface area contributed by atoms with Crippen molar-refractivity contribution < 1.29 is 9.66 Å². The molecule has 0 aliphatic heterocycles. The first kappa shape index (κ1) is 14.7. The Labute approximate surface area is 128 Å². The number of halogens is 2. The van der Waals surface area contributed by atoms with E-state index in [2.05, 4.69) is 20.9 Å². The number of pyridine rings is 1. The highest BCUT2D eigenvalue weighted by molar-refractivity contribution is 9.10. The Morgan fingerprint density at radius 1 is 1.45 bits per heavy atom. The second-order valence-corrected chi connectivity index (χ2v) is 5.34. The van der Waals surface area contributed by atoms with Crippen molar-refractivity contribution in [2.24, 2.45) is 0 Å². The lowest BCUT2D eigenvalue weighted by molar-refractivity contribution is -0.390. The van der Waals surface area contributed by atoms with Gasteiger partial charge in [-0.2, -0.15) is 0 Å². The molecule has 0 spiro atoms. The van der Waals surface area contributed by atoms with Crippen LogP contribution in [-0.4, -0.2) is 9.91 Å². The molecule has 0 radical (unpaired) electrons. The summed E-state index contributed by atoms with van der Waals surface area (Å²) in [6.07, 6.45) is 0.920. The van der Waals surface area contributed by atoms with E-state index in [1.807, 2.05) is 18.2 Å². The number of benzene rings is 1. The molecule has 0 saturated heterocycles. The summed E-state index contributed by atoms with van der Waals surface area (Å²) in [7, 11) is 0. The molecule has 1 heterocycles. The molecule has 0 saturated carbocycles. The largest absolute Gasteiger partial charge is 0.478 e. The lowest BCUT2D eigenvalue weighted by Crippen LogP contribution is -2.06. The summed E-state index contributed by atoms with van der Waals surface area (Å²) in [5.41, 5.74) is 0.753. The van der Waals surface area contributed by atoms with Crippen molar-refractivity contribution in [1.82, 2.24) is 4.98 Å². The van der Waals surface area contributed by atoms with E-state index in [0.29, 0.717) is 9.50 Å². The number of ether oxygens (including phenoxy) is 1. The van der Waals surface area contributed by atoms with Crippen LogP contribution in [0.15, 0.2) is 41.0 Å². The minimum absolute atomic E-state index is 0.0943. The third-order valence-electron chi connectivity index (χ3n) is 2.62. The zero-order chi connectivity index (χ0) is 14.7. The molecule has 7 heteroatoms. The maximum Gasteiger partial charge on any atom is 0.406 e. The van der Waals surface area contributed by atoms with Gasteiger partial charge in [0.1, 0.15) is 6.10 Å². The highest BCUT2D eigenvalue weighted by atomic mass is 79.9. The Balaban J connectivity index is 2.32. The summed E-state index contributed by atoms with van der Waals surface area (Å²) >= 11 is 9.30. The fourth-order valence-corrected chi connectivity index (χ4v) is 2.30. The molecule has 2 aromatic rings. The molecule has 20 heavy (non-hydrogen) atoms. The van der Waals surface area contributed by atoms with Gasteiger partial charge in [0.05, 0.1) is 4.47 Å². The molecule has 1 aromatic heterocycles. The van der Waals surface area contributed by atoms with Crippen LogP contribution in [0.3, 0.4) is 0 Å². The number of nitro groups is 1. The van der Waals surface area contributed by atoms with Gasteiger partial charge in [-0.25, -0.2) is 0 Å². The monoisotopic (exact) mass is 356 g/mol. The maximum absolute atomic E-state index is 10.9. The van der Waals surface area contributed by atoms with Crippen molar-refractivity contribution in [3.05, 3.63) is 61.7 Å². The van der Waals surface area contributed by atoms with Gasteiger partial charge in [0.15, 0.2) is 6.20 Å². The Hall–Kier alpha value is -1.66. The Kier molecular flexibility index (Phi) is 4.57. The van der Waals surface area contributed by atoms with Crippen LogP contribution in [0.25, 0.3) is 0 Å².